The minimum Gasteiger partial charge on any atom is -0.478 e. The molecule has 1 aliphatic heterocycles. The number of benzene rings is 1. The van der Waals surface area contributed by atoms with E-state index in [1.165, 1.54) is 19.1 Å². The highest BCUT2D eigenvalue weighted by atomic mass is 16.4. The van der Waals surface area contributed by atoms with Crippen LogP contribution in [0.3, 0.4) is 0 Å². The van der Waals surface area contributed by atoms with Crippen molar-refractivity contribution in [2.45, 2.75) is 25.9 Å². The fraction of sp³-hybridized carbons (Fsp3) is 0.429. The van der Waals surface area contributed by atoms with E-state index < -0.39 is 11.9 Å². The lowest BCUT2D eigenvalue weighted by atomic mass is 9.98. The largest absolute Gasteiger partial charge is 0.478 e. The molecule has 0 amide bonds. The van der Waals surface area contributed by atoms with Crippen molar-refractivity contribution < 1.29 is 24.9 Å². The van der Waals surface area contributed by atoms with E-state index in [1.54, 1.807) is 0 Å². The van der Waals surface area contributed by atoms with E-state index in [1.807, 2.05) is 4.90 Å². The van der Waals surface area contributed by atoms with E-state index in [9.17, 15) is 19.8 Å². The van der Waals surface area contributed by atoms with Crippen LogP contribution >= 0.6 is 0 Å². The van der Waals surface area contributed by atoms with Crippen LogP contribution in [0.15, 0.2) is 12.1 Å². The fourth-order valence-electron chi connectivity index (χ4n) is 2.57. The zero-order valence-electron chi connectivity index (χ0n) is 11.2. The van der Waals surface area contributed by atoms with Crippen molar-refractivity contribution >= 4 is 17.6 Å². The van der Waals surface area contributed by atoms with E-state index in [2.05, 4.69) is 0 Å². The topological polar surface area (TPSA) is 98.1 Å². The molecule has 108 valence electrons. The van der Waals surface area contributed by atoms with Gasteiger partial charge in [-0.1, -0.05) is 0 Å². The molecule has 0 unspecified atom stereocenters. The normalized spacial score (nSPS) is 16.2. The van der Waals surface area contributed by atoms with E-state index in [0.29, 0.717) is 31.6 Å². The molecule has 20 heavy (non-hydrogen) atoms. The average Bonchev–Trinajstić information content (AvgIpc) is 2.38. The maximum Gasteiger partial charge on any atom is 0.338 e. The zero-order valence-corrected chi connectivity index (χ0v) is 11.2. The fourth-order valence-corrected chi connectivity index (χ4v) is 2.57. The van der Waals surface area contributed by atoms with Gasteiger partial charge in [-0.3, -0.25) is 0 Å². The molecule has 0 aromatic heterocycles. The lowest BCUT2D eigenvalue weighted by Gasteiger charge is -2.32. The smallest absolute Gasteiger partial charge is 0.338 e. The third-order valence-corrected chi connectivity index (χ3v) is 3.69. The molecule has 1 aromatic rings. The van der Waals surface area contributed by atoms with E-state index >= 15 is 0 Å². The molecule has 1 aliphatic rings. The number of carbonyl (C=O) groups is 2. The van der Waals surface area contributed by atoms with Crippen molar-refractivity contribution in [3.05, 3.63) is 28.8 Å². The Bertz CT molecular complexity index is 547. The summed E-state index contributed by atoms with van der Waals surface area (Å²) in [7, 11) is 0. The maximum absolute atomic E-state index is 11.5. The van der Waals surface area contributed by atoms with Gasteiger partial charge in [-0.15, -0.1) is 0 Å². The highest BCUT2D eigenvalue weighted by Crippen LogP contribution is 2.29. The summed E-state index contributed by atoms with van der Waals surface area (Å²) in [6.07, 6.45) is 0.816. The Kier molecular flexibility index (Phi) is 3.94. The quantitative estimate of drug-likeness (QED) is 0.772. The highest BCUT2D eigenvalue weighted by Gasteiger charge is 2.25. The minimum absolute atomic E-state index is 0.00296. The van der Waals surface area contributed by atoms with Crippen LogP contribution in [0.2, 0.25) is 0 Å². The molecule has 0 bridgehead atoms. The summed E-state index contributed by atoms with van der Waals surface area (Å²) in [5.41, 5.74) is 0.810. The lowest BCUT2D eigenvalue weighted by Crippen LogP contribution is -2.36. The zero-order chi connectivity index (χ0) is 14.9. The number of carboxylic acids is 2. The van der Waals surface area contributed by atoms with Crippen molar-refractivity contribution in [2.24, 2.45) is 0 Å². The molecule has 0 atom stereocenters. The molecule has 6 nitrogen and oxygen atoms in total. The third-order valence-electron chi connectivity index (χ3n) is 3.69. The Balaban J connectivity index is 2.45. The van der Waals surface area contributed by atoms with Gasteiger partial charge in [0.1, 0.15) is 0 Å². The van der Waals surface area contributed by atoms with Crippen LogP contribution in [-0.2, 0) is 0 Å². The van der Waals surface area contributed by atoms with Gasteiger partial charge in [0.05, 0.1) is 22.9 Å². The van der Waals surface area contributed by atoms with E-state index in [4.69, 9.17) is 5.11 Å². The average molecular weight is 279 g/mol. The number of hydrogen-bond donors (Lipinski definition) is 3. The molecule has 0 spiro atoms. The monoisotopic (exact) mass is 279 g/mol. The molecule has 2 rings (SSSR count). The molecule has 3 N–H and O–H groups in total. The van der Waals surface area contributed by atoms with Crippen LogP contribution in [0.25, 0.3) is 0 Å². The highest BCUT2D eigenvalue weighted by molar-refractivity contribution is 6.01. The molecule has 0 aliphatic carbocycles. The Morgan fingerprint density at radius 3 is 2.25 bits per heavy atom. The van der Waals surface area contributed by atoms with Gasteiger partial charge in [0.15, 0.2) is 0 Å². The summed E-state index contributed by atoms with van der Waals surface area (Å²) in [5, 5.41) is 27.9. The number of aromatic carboxylic acids is 2. The van der Waals surface area contributed by atoms with Crippen molar-refractivity contribution in [2.75, 3.05) is 18.0 Å². The molecule has 1 fully saturated rings. The van der Waals surface area contributed by atoms with Crippen LogP contribution < -0.4 is 4.90 Å². The molecular weight excluding hydrogens is 262 g/mol. The maximum atomic E-state index is 11.5. The van der Waals surface area contributed by atoms with Gasteiger partial charge in [-0.25, -0.2) is 9.59 Å². The second-order valence-electron chi connectivity index (χ2n) is 4.96. The van der Waals surface area contributed by atoms with Gasteiger partial charge >= 0.3 is 11.9 Å². The van der Waals surface area contributed by atoms with Crippen LogP contribution in [0.1, 0.15) is 39.1 Å². The summed E-state index contributed by atoms with van der Waals surface area (Å²) >= 11 is 0. The predicted molar refractivity (Wildman–Crippen MR) is 72.6 cm³/mol. The summed E-state index contributed by atoms with van der Waals surface area (Å²) < 4.78 is 0. The van der Waals surface area contributed by atoms with Gasteiger partial charge in [0.2, 0.25) is 0 Å². The van der Waals surface area contributed by atoms with Crippen LogP contribution in [-0.4, -0.2) is 46.5 Å². The first-order valence-electron chi connectivity index (χ1n) is 6.45. The van der Waals surface area contributed by atoms with Crippen LogP contribution in [0, 0.1) is 6.92 Å². The second-order valence-corrected chi connectivity index (χ2v) is 4.96. The number of hydrogen-bond acceptors (Lipinski definition) is 4. The van der Waals surface area contributed by atoms with Gasteiger partial charge < -0.3 is 20.2 Å². The Labute approximate surface area is 116 Å². The number of piperidine rings is 1. The number of anilines is 1. The number of carboxylic acid groups (broad SMARTS) is 2. The molecular formula is C14H17NO5. The minimum atomic E-state index is -1.13. The molecule has 0 saturated carbocycles. The summed E-state index contributed by atoms with van der Waals surface area (Å²) in [6, 6.07) is 2.97. The van der Waals surface area contributed by atoms with Crippen LogP contribution in [0.5, 0.6) is 0 Å². The standard InChI is InChI=1S/C14H17NO5/c1-8-10(13(17)18)2-3-11(12(8)14(19)20)15-6-4-9(16)5-7-15/h2-3,9,16H,4-7H2,1H3,(H,17,18)(H,19,20). The van der Waals surface area contributed by atoms with E-state index in [-0.39, 0.29) is 22.8 Å². The lowest BCUT2D eigenvalue weighted by molar-refractivity contribution is 0.0696. The van der Waals surface area contributed by atoms with Crippen molar-refractivity contribution in [3.63, 3.8) is 0 Å². The number of rotatable bonds is 3. The number of aliphatic hydroxyl groups excluding tert-OH is 1. The first-order valence-corrected chi connectivity index (χ1v) is 6.45. The Hall–Kier alpha value is -2.08. The number of nitrogens with zero attached hydrogens (tertiary/aromatic N) is 1. The first kappa shape index (κ1) is 14.3. The second kappa shape index (κ2) is 5.50. The van der Waals surface area contributed by atoms with Crippen molar-refractivity contribution in [1.29, 1.82) is 0 Å². The van der Waals surface area contributed by atoms with Crippen molar-refractivity contribution in [3.8, 4) is 0 Å². The van der Waals surface area contributed by atoms with Crippen molar-refractivity contribution in [1.82, 2.24) is 0 Å². The van der Waals surface area contributed by atoms with Gasteiger partial charge in [-0.05, 0) is 37.5 Å². The van der Waals surface area contributed by atoms with Gasteiger partial charge in [0.25, 0.3) is 0 Å². The summed E-state index contributed by atoms with van der Waals surface area (Å²) in [5.74, 6) is -2.27. The van der Waals surface area contributed by atoms with Crippen LogP contribution in [0.4, 0.5) is 5.69 Å². The first-order chi connectivity index (χ1) is 9.41. The molecule has 0 radical (unpaired) electrons. The summed E-state index contributed by atoms with van der Waals surface area (Å²) in [6.45, 7) is 2.63. The molecule has 1 saturated heterocycles. The SMILES string of the molecule is Cc1c(C(=O)O)ccc(N2CCC(O)CC2)c1C(=O)O. The number of aliphatic hydroxyl groups is 1. The Morgan fingerprint density at radius 1 is 1.15 bits per heavy atom. The summed E-state index contributed by atoms with van der Waals surface area (Å²) in [4.78, 5) is 24.4. The van der Waals surface area contributed by atoms with Gasteiger partial charge in [0, 0.05) is 13.1 Å². The molecule has 6 heteroatoms. The molecule has 1 heterocycles. The molecule has 1 aromatic carbocycles. The van der Waals surface area contributed by atoms with Gasteiger partial charge in [-0.2, -0.15) is 0 Å². The predicted octanol–water partition coefficient (Wildman–Crippen LogP) is 1.35. The van der Waals surface area contributed by atoms with E-state index in [0.717, 1.165) is 0 Å². The Morgan fingerprint density at radius 2 is 1.75 bits per heavy atom. The third kappa shape index (κ3) is 2.60.